The van der Waals surface area contributed by atoms with Crippen LogP contribution in [0.1, 0.15) is 50.7 Å². The minimum atomic E-state index is 0. The number of halogens is 1. The van der Waals surface area contributed by atoms with Crippen molar-refractivity contribution in [1.82, 2.24) is 25.4 Å². The molecule has 2 heterocycles. The number of guanidine groups is 1. The van der Waals surface area contributed by atoms with Gasteiger partial charge in [-0.25, -0.2) is 0 Å². The van der Waals surface area contributed by atoms with Crippen LogP contribution in [0.25, 0.3) is 0 Å². The number of rotatable bonds is 5. The number of aromatic nitrogens is 3. The lowest BCUT2D eigenvalue weighted by atomic mass is 10.2. The Hall–Kier alpha value is -1.12. The maximum atomic E-state index is 4.71. The largest absolute Gasteiger partial charge is 0.357 e. The third-order valence-corrected chi connectivity index (χ3v) is 4.48. The summed E-state index contributed by atoms with van der Waals surface area (Å²) >= 11 is 0. The number of nitrogens with one attached hydrogen (secondary N) is 2. The molecule has 7 heteroatoms. The Labute approximate surface area is 161 Å². The molecule has 1 aliphatic heterocycles. The van der Waals surface area contributed by atoms with E-state index in [1.54, 1.807) is 0 Å². The van der Waals surface area contributed by atoms with Gasteiger partial charge in [-0.15, -0.1) is 34.2 Å². The van der Waals surface area contributed by atoms with E-state index < -0.39 is 0 Å². The minimum absolute atomic E-state index is 0. The van der Waals surface area contributed by atoms with Gasteiger partial charge in [-0.1, -0.05) is 18.6 Å². The molecule has 24 heavy (non-hydrogen) atoms. The standard InChI is InChI=1S/C17H28N6.HI/c1-2-18-17(20-14-8-5-6-9-14)19-12-11-16-22-21-15-10-4-3-7-13-23(15)16;/h5-6,14H,2-4,7-13H2,1H3,(H2,18,19,20);1H. The van der Waals surface area contributed by atoms with E-state index in [0.717, 1.165) is 62.9 Å². The summed E-state index contributed by atoms with van der Waals surface area (Å²) in [5.74, 6) is 3.16. The van der Waals surface area contributed by atoms with Gasteiger partial charge < -0.3 is 15.2 Å². The summed E-state index contributed by atoms with van der Waals surface area (Å²) in [5, 5.41) is 15.6. The van der Waals surface area contributed by atoms with E-state index in [9.17, 15) is 0 Å². The first-order chi connectivity index (χ1) is 11.4. The van der Waals surface area contributed by atoms with Gasteiger partial charge >= 0.3 is 0 Å². The summed E-state index contributed by atoms with van der Waals surface area (Å²) in [5.41, 5.74) is 0. The van der Waals surface area contributed by atoms with Gasteiger partial charge in [0.1, 0.15) is 11.6 Å². The second-order valence-electron chi connectivity index (χ2n) is 6.29. The van der Waals surface area contributed by atoms with Gasteiger partial charge in [0, 0.05) is 38.5 Å². The van der Waals surface area contributed by atoms with Gasteiger partial charge in [-0.3, -0.25) is 4.99 Å². The quantitative estimate of drug-likeness (QED) is 0.317. The number of aryl methyl sites for hydroxylation is 1. The molecule has 2 aliphatic rings. The molecule has 3 rings (SSSR count). The van der Waals surface area contributed by atoms with Gasteiger partial charge in [0.2, 0.25) is 0 Å². The first-order valence-corrected chi connectivity index (χ1v) is 8.97. The molecule has 1 aromatic rings. The Morgan fingerprint density at radius 3 is 2.88 bits per heavy atom. The zero-order chi connectivity index (χ0) is 15.9. The van der Waals surface area contributed by atoms with Crippen molar-refractivity contribution >= 4 is 29.9 Å². The maximum absolute atomic E-state index is 4.71. The molecule has 0 saturated carbocycles. The Morgan fingerprint density at radius 1 is 1.25 bits per heavy atom. The molecule has 134 valence electrons. The van der Waals surface area contributed by atoms with Crippen molar-refractivity contribution < 1.29 is 0 Å². The van der Waals surface area contributed by atoms with Crippen LogP contribution >= 0.6 is 24.0 Å². The molecule has 6 nitrogen and oxygen atoms in total. The van der Waals surface area contributed by atoms with Crippen molar-refractivity contribution in [1.29, 1.82) is 0 Å². The van der Waals surface area contributed by atoms with Crippen molar-refractivity contribution in [3.63, 3.8) is 0 Å². The highest BCUT2D eigenvalue weighted by Crippen LogP contribution is 2.14. The highest BCUT2D eigenvalue weighted by atomic mass is 127. The van der Waals surface area contributed by atoms with Crippen LogP contribution in [-0.4, -0.2) is 39.9 Å². The summed E-state index contributed by atoms with van der Waals surface area (Å²) in [7, 11) is 0. The van der Waals surface area contributed by atoms with Crippen LogP contribution in [-0.2, 0) is 19.4 Å². The van der Waals surface area contributed by atoms with Crippen LogP contribution in [0, 0.1) is 0 Å². The molecule has 0 aromatic carbocycles. The van der Waals surface area contributed by atoms with E-state index in [0.29, 0.717) is 6.04 Å². The van der Waals surface area contributed by atoms with Gasteiger partial charge in [-0.2, -0.15) is 0 Å². The van der Waals surface area contributed by atoms with Gasteiger partial charge in [0.25, 0.3) is 0 Å². The van der Waals surface area contributed by atoms with E-state index >= 15 is 0 Å². The average molecular weight is 444 g/mol. The van der Waals surface area contributed by atoms with Gasteiger partial charge in [-0.05, 0) is 32.6 Å². The lowest BCUT2D eigenvalue weighted by Gasteiger charge is -2.16. The summed E-state index contributed by atoms with van der Waals surface area (Å²) in [6.45, 7) is 4.79. The molecule has 0 amide bonds. The molecule has 0 radical (unpaired) electrons. The van der Waals surface area contributed by atoms with Crippen LogP contribution in [0.5, 0.6) is 0 Å². The topological polar surface area (TPSA) is 67.1 Å². The van der Waals surface area contributed by atoms with Crippen LogP contribution in [0.2, 0.25) is 0 Å². The molecule has 0 unspecified atom stereocenters. The third-order valence-electron chi connectivity index (χ3n) is 4.48. The Bertz CT molecular complexity index is 557. The first-order valence-electron chi connectivity index (χ1n) is 8.97. The maximum Gasteiger partial charge on any atom is 0.191 e. The van der Waals surface area contributed by atoms with E-state index in [-0.39, 0.29) is 24.0 Å². The van der Waals surface area contributed by atoms with Gasteiger partial charge in [0.05, 0.1) is 0 Å². The molecular weight excluding hydrogens is 415 g/mol. The summed E-state index contributed by atoms with van der Waals surface area (Å²) < 4.78 is 2.31. The number of hydrogen-bond donors (Lipinski definition) is 2. The van der Waals surface area contributed by atoms with Crippen molar-refractivity contribution in [3.8, 4) is 0 Å². The fraction of sp³-hybridized carbons (Fsp3) is 0.706. The molecule has 0 atom stereocenters. The number of fused-ring (bicyclic) bond motifs is 1. The lowest BCUT2D eigenvalue weighted by molar-refractivity contribution is 0.602. The fourth-order valence-electron chi connectivity index (χ4n) is 3.25. The SMILES string of the molecule is CCNC(=NCCc1nnc2n1CCCCC2)NC1CC=CC1.I. The Balaban J connectivity index is 0.00000208. The molecule has 1 aliphatic carbocycles. The lowest BCUT2D eigenvalue weighted by Crippen LogP contribution is -2.42. The minimum Gasteiger partial charge on any atom is -0.357 e. The first kappa shape index (κ1) is 19.2. The van der Waals surface area contributed by atoms with E-state index in [1.807, 2.05) is 0 Å². The predicted molar refractivity (Wildman–Crippen MR) is 108 cm³/mol. The third kappa shape index (κ3) is 5.19. The molecule has 0 bridgehead atoms. The summed E-state index contributed by atoms with van der Waals surface area (Å²) in [6.07, 6.45) is 12.3. The zero-order valence-corrected chi connectivity index (χ0v) is 16.8. The second kappa shape index (κ2) is 10.0. The predicted octanol–water partition coefficient (Wildman–Crippen LogP) is 2.44. The average Bonchev–Trinajstić information content (AvgIpc) is 3.12. The zero-order valence-electron chi connectivity index (χ0n) is 14.5. The van der Waals surface area contributed by atoms with Crippen molar-refractivity contribution in [3.05, 3.63) is 23.8 Å². The van der Waals surface area contributed by atoms with Crippen molar-refractivity contribution in [2.45, 2.75) is 64.5 Å². The summed E-state index contributed by atoms with van der Waals surface area (Å²) in [4.78, 5) is 4.71. The second-order valence-corrected chi connectivity index (χ2v) is 6.29. The molecule has 2 N–H and O–H groups in total. The normalized spacial score (nSPS) is 18.0. The molecule has 1 aromatic heterocycles. The van der Waals surface area contributed by atoms with E-state index in [1.165, 1.54) is 19.3 Å². The Kier molecular flexibility index (Phi) is 8.01. The van der Waals surface area contributed by atoms with E-state index in [2.05, 4.69) is 44.5 Å². The fourth-order valence-corrected chi connectivity index (χ4v) is 3.25. The molecule has 0 fully saturated rings. The number of hydrogen-bond acceptors (Lipinski definition) is 3. The highest BCUT2D eigenvalue weighted by molar-refractivity contribution is 14.0. The smallest absolute Gasteiger partial charge is 0.191 e. The monoisotopic (exact) mass is 444 g/mol. The number of aliphatic imine (C=N–C) groups is 1. The van der Waals surface area contributed by atoms with E-state index in [4.69, 9.17) is 4.99 Å². The van der Waals surface area contributed by atoms with Crippen LogP contribution in [0.4, 0.5) is 0 Å². The molecule has 0 saturated heterocycles. The van der Waals surface area contributed by atoms with Crippen LogP contribution in [0.3, 0.4) is 0 Å². The Morgan fingerprint density at radius 2 is 2.08 bits per heavy atom. The van der Waals surface area contributed by atoms with Crippen LogP contribution < -0.4 is 10.6 Å². The van der Waals surface area contributed by atoms with Crippen molar-refractivity contribution in [2.24, 2.45) is 4.99 Å². The van der Waals surface area contributed by atoms with Gasteiger partial charge in [0.15, 0.2) is 5.96 Å². The molecule has 0 spiro atoms. The van der Waals surface area contributed by atoms with Crippen LogP contribution in [0.15, 0.2) is 17.1 Å². The molecular formula is C17H29IN6. The number of nitrogens with zero attached hydrogens (tertiary/aromatic N) is 4. The highest BCUT2D eigenvalue weighted by Gasteiger charge is 2.15. The van der Waals surface area contributed by atoms with Crippen molar-refractivity contribution in [2.75, 3.05) is 13.1 Å². The summed E-state index contributed by atoms with van der Waals surface area (Å²) in [6, 6.07) is 0.483.